The number of methoxy groups -OCH3 is 1. The molecule has 4 nitrogen and oxygen atoms in total. The summed E-state index contributed by atoms with van der Waals surface area (Å²) in [4.78, 5) is 24.8. The standard InChI is InChI=1S/C19H20O4S/c1-12-10-15(11-24-16-8-6-5-7-9-16)17(19(21)22-4)18(13(12)2)23-14(3)20/h5-10H,11H2,1-4H3. The predicted molar refractivity (Wildman–Crippen MR) is 94.6 cm³/mol. The van der Waals surface area contributed by atoms with Crippen molar-refractivity contribution in [3.8, 4) is 5.75 Å². The van der Waals surface area contributed by atoms with Gasteiger partial charge in [0.2, 0.25) is 0 Å². The van der Waals surface area contributed by atoms with E-state index in [2.05, 4.69) is 0 Å². The van der Waals surface area contributed by atoms with E-state index in [0.29, 0.717) is 11.3 Å². The average Bonchev–Trinajstić information content (AvgIpc) is 2.57. The SMILES string of the molecule is COC(=O)c1c(CSc2ccccc2)cc(C)c(C)c1OC(C)=O. The smallest absolute Gasteiger partial charge is 0.341 e. The van der Waals surface area contributed by atoms with Crippen molar-refractivity contribution in [2.24, 2.45) is 0 Å². The molecule has 0 aromatic heterocycles. The monoisotopic (exact) mass is 344 g/mol. The molecule has 0 spiro atoms. The van der Waals surface area contributed by atoms with Crippen LogP contribution in [-0.2, 0) is 15.3 Å². The number of hydrogen-bond donors (Lipinski definition) is 0. The number of carbonyl (C=O) groups excluding carboxylic acids is 2. The van der Waals surface area contributed by atoms with E-state index in [-0.39, 0.29) is 5.75 Å². The Kier molecular flexibility index (Phi) is 6.04. The average molecular weight is 344 g/mol. The lowest BCUT2D eigenvalue weighted by Gasteiger charge is -2.17. The molecule has 2 rings (SSSR count). The van der Waals surface area contributed by atoms with Crippen molar-refractivity contribution in [2.45, 2.75) is 31.4 Å². The maximum Gasteiger partial charge on any atom is 0.341 e. The van der Waals surface area contributed by atoms with Gasteiger partial charge < -0.3 is 9.47 Å². The van der Waals surface area contributed by atoms with Crippen LogP contribution in [0.15, 0.2) is 41.3 Å². The van der Waals surface area contributed by atoms with Crippen LogP contribution in [0.2, 0.25) is 0 Å². The molecule has 5 heteroatoms. The van der Waals surface area contributed by atoms with Crippen LogP contribution in [0.4, 0.5) is 0 Å². The molecule has 0 N–H and O–H groups in total. The van der Waals surface area contributed by atoms with E-state index >= 15 is 0 Å². The van der Waals surface area contributed by atoms with Gasteiger partial charge in [0.1, 0.15) is 11.3 Å². The van der Waals surface area contributed by atoms with Crippen molar-refractivity contribution >= 4 is 23.7 Å². The fraction of sp³-hybridized carbons (Fsp3) is 0.263. The summed E-state index contributed by atoms with van der Waals surface area (Å²) in [6, 6.07) is 11.9. The zero-order chi connectivity index (χ0) is 17.7. The highest BCUT2D eigenvalue weighted by Crippen LogP contribution is 2.34. The lowest BCUT2D eigenvalue weighted by atomic mass is 9.99. The molecule has 0 saturated heterocycles. The largest absolute Gasteiger partial charge is 0.465 e. The van der Waals surface area contributed by atoms with Crippen LogP contribution in [0.1, 0.15) is 34.0 Å². The summed E-state index contributed by atoms with van der Waals surface area (Å²) in [5.41, 5.74) is 2.83. The molecule has 24 heavy (non-hydrogen) atoms. The first-order valence-corrected chi connectivity index (χ1v) is 8.50. The van der Waals surface area contributed by atoms with Gasteiger partial charge in [0, 0.05) is 17.6 Å². The molecule has 2 aromatic carbocycles. The highest BCUT2D eigenvalue weighted by molar-refractivity contribution is 7.98. The van der Waals surface area contributed by atoms with Gasteiger partial charge in [0.25, 0.3) is 0 Å². The van der Waals surface area contributed by atoms with E-state index in [0.717, 1.165) is 21.6 Å². The Hall–Kier alpha value is -2.27. The molecule has 126 valence electrons. The quantitative estimate of drug-likeness (QED) is 0.460. The van der Waals surface area contributed by atoms with Crippen molar-refractivity contribution in [1.82, 2.24) is 0 Å². The number of carbonyl (C=O) groups is 2. The van der Waals surface area contributed by atoms with Gasteiger partial charge in [-0.3, -0.25) is 4.79 Å². The number of benzene rings is 2. The summed E-state index contributed by atoms with van der Waals surface area (Å²) in [6.45, 7) is 5.08. The number of esters is 2. The summed E-state index contributed by atoms with van der Waals surface area (Å²) >= 11 is 1.61. The Morgan fingerprint density at radius 3 is 2.38 bits per heavy atom. The molecule has 0 aliphatic heterocycles. The van der Waals surface area contributed by atoms with Crippen LogP contribution in [-0.4, -0.2) is 19.0 Å². The van der Waals surface area contributed by atoms with Gasteiger partial charge in [-0.05, 0) is 42.7 Å². The van der Waals surface area contributed by atoms with E-state index in [1.165, 1.54) is 14.0 Å². The number of hydrogen-bond acceptors (Lipinski definition) is 5. The molecule has 0 aliphatic rings. The minimum absolute atomic E-state index is 0.290. The lowest BCUT2D eigenvalue weighted by molar-refractivity contribution is -0.131. The number of rotatable bonds is 5. The minimum atomic E-state index is -0.502. The van der Waals surface area contributed by atoms with Gasteiger partial charge in [0.15, 0.2) is 0 Å². The summed E-state index contributed by atoms with van der Waals surface area (Å²) < 4.78 is 10.2. The zero-order valence-corrected chi connectivity index (χ0v) is 15.0. The molecule has 0 bridgehead atoms. The maximum absolute atomic E-state index is 12.3. The normalized spacial score (nSPS) is 10.3. The summed E-state index contributed by atoms with van der Waals surface area (Å²) in [5.74, 6) is -0.101. The first-order valence-electron chi connectivity index (χ1n) is 7.51. The number of thioether (sulfide) groups is 1. The first kappa shape index (κ1) is 18.1. The number of aryl methyl sites for hydroxylation is 1. The van der Waals surface area contributed by atoms with Gasteiger partial charge in [0.05, 0.1) is 7.11 Å². The molecule has 0 fully saturated rings. The molecule has 2 aromatic rings. The van der Waals surface area contributed by atoms with Gasteiger partial charge in [-0.25, -0.2) is 4.79 Å². The Morgan fingerprint density at radius 1 is 1.12 bits per heavy atom. The molecule has 0 amide bonds. The Bertz CT molecular complexity index is 754. The molecule has 0 aliphatic carbocycles. The van der Waals surface area contributed by atoms with E-state index in [9.17, 15) is 9.59 Å². The zero-order valence-electron chi connectivity index (χ0n) is 14.2. The molecular weight excluding hydrogens is 324 g/mol. The highest BCUT2D eigenvalue weighted by Gasteiger charge is 2.23. The third-order valence-corrected chi connectivity index (χ3v) is 4.70. The fourth-order valence-electron chi connectivity index (χ4n) is 2.34. The summed E-state index contributed by atoms with van der Waals surface area (Å²) in [5, 5.41) is 0. The van der Waals surface area contributed by atoms with Crippen LogP contribution < -0.4 is 4.74 Å². The second kappa shape index (κ2) is 8.02. The van der Waals surface area contributed by atoms with Crippen molar-refractivity contribution < 1.29 is 19.1 Å². The van der Waals surface area contributed by atoms with E-state index < -0.39 is 11.9 Å². The van der Waals surface area contributed by atoms with E-state index in [1.54, 1.807) is 11.8 Å². The van der Waals surface area contributed by atoms with Crippen LogP contribution in [0.3, 0.4) is 0 Å². The predicted octanol–water partition coefficient (Wildman–Crippen LogP) is 4.31. The topological polar surface area (TPSA) is 52.6 Å². The first-order chi connectivity index (χ1) is 11.4. The Labute approximate surface area is 146 Å². The number of ether oxygens (including phenoxy) is 2. The Morgan fingerprint density at radius 2 is 1.79 bits per heavy atom. The van der Waals surface area contributed by atoms with Gasteiger partial charge in [-0.1, -0.05) is 24.3 Å². The maximum atomic E-state index is 12.3. The van der Waals surface area contributed by atoms with Gasteiger partial charge >= 0.3 is 11.9 Å². The Balaban J connectivity index is 2.46. The molecule has 0 heterocycles. The van der Waals surface area contributed by atoms with Crippen molar-refractivity contribution in [3.63, 3.8) is 0 Å². The van der Waals surface area contributed by atoms with Crippen LogP contribution in [0, 0.1) is 13.8 Å². The van der Waals surface area contributed by atoms with Gasteiger partial charge in [-0.2, -0.15) is 0 Å². The van der Waals surface area contributed by atoms with E-state index in [4.69, 9.17) is 9.47 Å². The van der Waals surface area contributed by atoms with Crippen molar-refractivity contribution in [1.29, 1.82) is 0 Å². The molecular formula is C19H20O4S. The second-order valence-corrected chi connectivity index (χ2v) is 6.42. The van der Waals surface area contributed by atoms with Crippen molar-refractivity contribution in [3.05, 3.63) is 58.7 Å². The molecule has 0 radical (unpaired) electrons. The summed E-state index contributed by atoms with van der Waals surface area (Å²) in [7, 11) is 1.32. The van der Waals surface area contributed by atoms with Gasteiger partial charge in [-0.15, -0.1) is 11.8 Å². The second-order valence-electron chi connectivity index (χ2n) is 5.37. The molecule has 0 atom stereocenters. The van der Waals surface area contributed by atoms with Crippen LogP contribution >= 0.6 is 11.8 Å². The lowest BCUT2D eigenvalue weighted by Crippen LogP contribution is -2.13. The molecule has 0 saturated carbocycles. The third kappa shape index (κ3) is 4.17. The van der Waals surface area contributed by atoms with Crippen LogP contribution in [0.5, 0.6) is 5.75 Å². The summed E-state index contributed by atoms with van der Waals surface area (Å²) in [6.07, 6.45) is 0. The van der Waals surface area contributed by atoms with Crippen LogP contribution in [0.25, 0.3) is 0 Å². The van der Waals surface area contributed by atoms with Crippen molar-refractivity contribution in [2.75, 3.05) is 7.11 Å². The third-order valence-electron chi connectivity index (χ3n) is 3.64. The minimum Gasteiger partial charge on any atom is -0.465 e. The highest BCUT2D eigenvalue weighted by atomic mass is 32.2. The molecule has 0 unspecified atom stereocenters. The van der Waals surface area contributed by atoms with E-state index in [1.807, 2.05) is 50.2 Å². The fourth-order valence-corrected chi connectivity index (χ4v) is 3.24.